The van der Waals surface area contributed by atoms with Gasteiger partial charge < -0.3 is 10.1 Å². The summed E-state index contributed by atoms with van der Waals surface area (Å²) in [6.07, 6.45) is 6.29. The molecule has 0 heterocycles. The van der Waals surface area contributed by atoms with Crippen LogP contribution in [-0.4, -0.2) is 25.3 Å². The SMILES string of the molecule is CCNC(C1CC(C)CC(C)C1)C(CC)(CC)OC. The molecule has 3 unspecified atom stereocenters. The predicted octanol–water partition coefficient (Wildman–Crippen LogP) is 4.24. The second-order valence-electron chi connectivity index (χ2n) is 6.69. The lowest BCUT2D eigenvalue weighted by Crippen LogP contribution is -2.56. The van der Waals surface area contributed by atoms with E-state index in [1.807, 2.05) is 7.11 Å². The van der Waals surface area contributed by atoms with E-state index >= 15 is 0 Å². The molecule has 1 rings (SSSR count). The highest BCUT2D eigenvalue weighted by Crippen LogP contribution is 2.40. The molecule has 1 fully saturated rings. The summed E-state index contributed by atoms with van der Waals surface area (Å²) in [5.41, 5.74) is 0.0114. The van der Waals surface area contributed by atoms with E-state index < -0.39 is 0 Å². The molecular weight excluding hydrogens is 234 g/mol. The van der Waals surface area contributed by atoms with Gasteiger partial charge in [-0.1, -0.05) is 34.6 Å². The molecule has 3 atom stereocenters. The van der Waals surface area contributed by atoms with Crippen LogP contribution in [0.15, 0.2) is 0 Å². The normalized spacial score (nSPS) is 30.3. The maximum atomic E-state index is 6.01. The van der Waals surface area contributed by atoms with Crippen LogP contribution in [0.25, 0.3) is 0 Å². The predicted molar refractivity (Wildman–Crippen MR) is 83.5 cm³/mol. The zero-order valence-electron chi connectivity index (χ0n) is 14.0. The fraction of sp³-hybridized carbons (Fsp3) is 1.00. The van der Waals surface area contributed by atoms with E-state index in [0.717, 1.165) is 37.1 Å². The zero-order chi connectivity index (χ0) is 14.5. The fourth-order valence-electron chi connectivity index (χ4n) is 4.39. The number of hydrogen-bond acceptors (Lipinski definition) is 2. The van der Waals surface area contributed by atoms with E-state index in [4.69, 9.17) is 4.74 Å². The Hall–Kier alpha value is -0.0800. The van der Waals surface area contributed by atoms with Gasteiger partial charge in [-0.3, -0.25) is 0 Å². The van der Waals surface area contributed by atoms with Crippen molar-refractivity contribution in [2.45, 2.75) is 78.4 Å². The molecule has 1 aliphatic carbocycles. The van der Waals surface area contributed by atoms with Gasteiger partial charge in [0.25, 0.3) is 0 Å². The van der Waals surface area contributed by atoms with Crippen LogP contribution in [0.4, 0.5) is 0 Å². The van der Waals surface area contributed by atoms with Crippen LogP contribution in [0, 0.1) is 17.8 Å². The Morgan fingerprint density at radius 1 is 1.05 bits per heavy atom. The van der Waals surface area contributed by atoms with Crippen LogP contribution in [0.2, 0.25) is 0 Å². The molecule has 0 aromatic heterocycles. The van der Waals surface area contributed by atoms with Gasteiger partial charge in [-0.15, -0.1) is 0 Å². The van der Waals surface area contributed by atoms with Crippen molar-refractivity contribution in [3.63, 3.8) is 0 Å². The molecule has 0 aromatic rings. The molecular formula is C17H35NO. The fourth-order valence-corrected chi connectivity index (χ4v) is 4.39. The Balaban J connectivity index is 2.91. The number of ether oxygens (including phenoxy) is 1. The highest BCUT2D eigenvalue weighted by molar-refractivity contribution is 4.97. The Bertz CT molecular complexity index is 231. The summed E-state index contributed by atoms with van der Waals surface area (Å²) in [7, 11) is 1.90. The molecule has 0 amide bonds. The van der Waals surface area contributed by atoms with E-state index in [1.165, 1.54) is 19.3 Å². The molecule has 0 saturated heterocycles. The number of likely N-dealkylation sites (N-methyl/N-ethyl adjacent to an activating group) is 1. The molecule has 0 aromatic carbocycles. The standard InChI is InChI=1S/C17H35NO/c1-7-17(8-2,19-6)16(18-9-3)15-11-13(4)10-14(5)12-15/h13-16,18H,7-12H2,1-6H3. The van der Waals surface area contributed by atoms with Crippen molar-refractivity contribution in [1.29, 1.82) is 0 Å². The average molecular weight is 269 g/mol. The Kier molecular flexibility index (Phi) is 6.82. The summed E-state index contributed by atoms with van der Waals surface area (Å²) < 4.78 is 6.01. The second-order valence-corrected chi connectivity index (χ2v) is 6.69. The van der Waals surface area contributed by atoms with Crippen LogP contribution in [0.1, 0.15) is 66.7 Å². The summed E-state index contributed by atoms with van der Waals surface area (Å²) in [5.74, 6) is 2.48. The summed E-state index contributed by atoms with van der Waals surface area (Å²) >= 11 is 0. The number of rotatable bonds is 7. The molecule has 0 radical (unpaired) electrons. The van der Waals surface area contributed by atoms with Crippen molar-refractivity contribution in [2.24, 2.45) is 17.8 Å². The zero-order valence-corrected chi connectivity index (χ0v) is 14.0. The van der Waals surface area contributed by atoms with Crippen LogP contribution < -0.4 is 5.32 Å². The number of hydrogen-bond donors (Lipinski definition) is 1. The Morgan fingerprint density at radius 3 is 1.95 bits per heavy atom. The molecule has 0 spiro atoms. The van der Waals surface area contributed by atoms with Crippen molar-refractivity contribution in [3.8, 4) is 0 Å². The Morgan fingerprint density at radius 2 is 1.58 bits per heavy atom. The highest BCUT2D eigenvalue weighted by atomic mass is 16.5. The van der Waals surface area contributed by atoms with Gasteiger partial charge in [-0.2, -0.15) is 0 Å². The molecule has 19 heavy (non-hydrogen) atoms. The third kappa shape index (κ3) is 3.95. The molecule has 2 heteroatoms. The Labute approximate surface area is 120 Å². The third-order valence-electron chi connectivity index (χ3n) is 5.28. The topological polar surface area (TPSA) is 21.3 Å². The van der Waals surface area contributed by atoms with E-state index in [-0.39, 0.29) is 5.60 Å². The first-order valence-corrected chi connectivity index (χ1v) is 8.31. The first kappa shape index (κ1) is 17.0. The average Bonchev–Trinajstić information content (AvgIpc) is 2.39. The third-order valence-corrected chi connectivity index (χ3v) is 5.28. The van der Waals surface area contributed by atoms with Gasteiger partial charge in [0.15, 0.2) is 0 Å². The van der Waals surface area contributed by atoms with Gasteiger partial charge in [0.1, 0.15) is 0 Å². The molecule has 2 nitrogen and oxygen atoms in total. The van der Waals surface area contributed by atoms with E-state index in [9.17, 15) is 0 Å². The summed E-state index contributed by atoms with van der Waals surface area (Å²) in [6.45, 7) is 12.6. The van der Waals surface area contributed by atoms with Crippen molar-refractivity contribution < 1.29 is 4.74 Å². The van der Waals surface area contributed by atoms with Crippen LogP contribution in [0.5, 0.6) is 0 Å². The van der Waals surface area contributed by atoms with E-state index in [1.54, 1.807) is 0 Å². The molecule has 114 valence electrons. The van der Waals surface area contributed by atoms with Gasteiger partial charge in [0.2, 0.25) is 0 Å². The van der Waals surface area contributed by atoms with Crippen molar-refractivity contribution >= 4 is 0 Å². The smallest absolute Gasteiger partial charge is 0.0828 e. The molecule has 1 N–H and O–H groups in total. The van der Waals surface area contributed by atoms with Gasteiger partial charge in [0.05, 0.1) is 5.60 Å². The minimum absolute atomic E-state index is 0.0114. The van der Waals surface area contributed by atoms with Crippen molar-refractivity contribution in [3.05, 3.63) is 0 Å². The highest BCUT2D eigenvalue weighted by Gasteiger charge is 2.42. The monoisotopic (exact) mass is 269 g/mol. The van der Waals surface area contributed by atoms with E-state index in [0.29, 0.717) is 6.04 Å². The second kappa shape index (κ2) is 7.64. The van der Waals surface area contributed by atoms with Crippen molar-refractivity contribution in [2.75, 3.05) is 13.7 Å². The lowest BCUT2D eigenvalue weighted by molar-refractivity contribution is -0.0713. The molecule has 1 aliphatic rings. The number of methoxy groups -OCH3 is 1. The van der Waals surface area contributed by atoms with E-state index in [2.05, 4.69) is 39.9 Å². The largest absolute Gasteiger partial charge is 0.377 e. The quantitative estimate of drug-likeness (QED) is 0.746. The van der Waals surface area contributed by atoms with Crippen LogP contribution >= 0.6 is 0 Å². The van der Waals surface area contributed by atoms with Gasteiger partial charge >= 0.3 is 0 Å². The minimum atomic E-state index is 0.0114. The van der Waals surface area contributed by atoms with Gasteiger partial charge in [-0.25, -0.2) is 0 Å². The first-order valence-electron chi connectivity index (χ1n) is 8.31. The summed E-state index contributed by atoms with van der Waals surface area (Å²) in [6, 6.07) is 0.502. The lowest BCUT2D eigenvalue weighted by atomic mass is 9.68. The van der Waals surface area contributed by atoms with Crippen LogP contribution in [0.3, 0.4) is 0 Å². The maximum absolute atomic E-state index is 6.01. The molecule has 1 saturated carbocycles. The lowest BCUT2D eigenvalue weighted by Gasteiger charge is -2.46. The molecule has 0 bridgehead atoms. The van der Waals surface area contributed by atoms with Gasteiger partial charge in [0, 0.05) is 13.2 Å². The number of nitrogens with one attached hydrogen (secondary N) is 1. The summed E-state index contributed by atoms with van der Waals surface area (Å²) in [5, 5.41) is 3.76. The molecule has 0 aliphatic heterocycles. The summed E-state index contributed by atoms with van der Waals surface area (Å²) in [4.78, 5) is 0. The van der Waals surface area contributed by atoms with Crippen LogP contribution in [-0.2, 0) is 4.74 Å². The van der Waals surface area contributed by atoms with Gasteiger partial charge in [-0.05, 0) is 56.4 Å². The van der Waals surface area contributed by atoms with Crippen molar-refractivity contribution in [1.82, 2.24) is 5.32 Å². The maximum Gasteiger partial charge on any atom is 0.0828 e. The first-order chi connectivity index (χ1) is 9.02. The minimum Gasteiger partial charge on any atom is -0.377 e.